The molecule has 0 aliphatic heterocycles. The molecule has 1 aromatic carbocycles. The minimum Gasteiger partial charge on any atom is -0.310 e. The third kappa shape index (κ3) is 3.07. The molecule has 1 fully saturated rings. The zero-order valence-corrected chi connectivity index (χ0v) is 9.79. The third-order valence-electron chi connectivity index (χ3n) is 3.41. The molecule has 15 heavy (non-hydrogen) atoms. The highest BCUT2D eigenvalue weighted by atomic mass is 14.9. The Bertz CT molecular complexity index is 302. The first-order chi connectivity index (χ1) is 7.24. The van der Waals surface area contributed by atoms with Gasteiger partial charge >= 0.3 is 0 Å². The Labute approximate surface area is 92.9 Å². The van der Waals surface area contributed by atoms with Gasteiger partial charge in [-0.05, 0) is 37.7 Å². The monoisotopic (exact) mass is 203 g/mol. The van der Waals surface area contributed by atoms with Crippen molar-refractivity contribution in [3.63, 3.8) is 0 Å². The van der Waals surface area contributed by atoms with E-state index < -0.39 is 0 Å². The van der Waals surface area contributed by atoms with Gasteiger partial charge in [0.05, 0.1) is 0 Å². The molecule has 2 rings (SSSR count). The lowest BCUT2D eigenvalue weighted by atomic mass is 10.1. The van der Waals surface area contributed by atoms with E-state index in [4.69, 9.17) is 0 Å². The maximum atomic E-state index is 3.65. The summed E-state index contributed by atoms with van der Waals surface area (Å²) in [5, 5.41) is 3.65. The molecule has 1 nitrogen and oxygen atoms in total. The van der Waals surface area contributed by atoms with E-state index >= 15 is 0 Å². The molecule has 1 N–H and O–H groups in total. The lowest BCUT2D eigenvalue weighted by Crippen LogP contribution is -2.25. The van der Waals surface area contributed by atoms with Crippen LogP contribution in [0.5, 0.6) is 0 Å². The predicted octanol–water partition coefficient (Wildman–Crippen LogP) is 3.27. The van der Waals surface area contributed by atoms with Crippen molar-refractivity contribution in [1.82, 2.24) is 5.32 Å². The van der Waals surface area contributed by atoms with E-state index in [1.165, 1.54) is 30.4 Å². The molecule has 2 atom stereocenters. The molecular weight excluding hydrogens is 182 g/mol. The standard InChI is InChI=1S/C14H21N/c1-11-3-6-13(7-4-11)10-15-14-8-5-12(2)9-14/h3-4,6-7,12,14-15H,5,8-10H2,1-2H3/t12-,14-/m0/s1. The van der Waals surface area contributed by atoms with Crippen molar-refractivity contribution in [3.05, 3.63) is 35.4 Å². The zero-order valence-electron chi connectivity index (χ0n) is 9.79. The van der Waals surface area contributed by atoms with Crippen LogP contribution in [0.2, 0.25) is 0 Å². The summed E-state index contributed by atoms with van der Waals surface area (Å²) in [6.45, 7) is 5.51. The van der Waals surface area contributed by atoms with Crippen LogP contribution in [-0.4, -0.2) is 6.04 Å². The second kappa shape index (κ2) is 4.80. The highest BCUT2D eigenvalue weighted by Gasteiger charge is 2.20. The molecule has 0 spiro atoms. The Balaban J connectivity index is 1.80. The van der Waals surface area contributed by atoms with Crippen LogP contribution in [0.4, 0.5) is 0 Å². The van der Waals surface area contributed by atoms with Crippen molar-refractivity contribution in [1.29, 1.82) is 0 Å². The van der Waals surface area contributed by atoms with Gasteiger partial charge < -0.3 is 5.32 Å². The van der Waals surface area contributed by atoms with Crippen LogP contribution in [0.3, 0.4) is 0 Å². The van der Waals surface area contributed by atoms with Crippen molar-refractivity contribution in [2.75, 3.05) is 0 Å². The zero-order chi connectivity index (χ0) is 10.7. The molecule has 1 aromatic rings. The van der Waals surface area contributed by atoms with Gasteiger partial charge in [0, 0.05) is 12.6 Å². The predicted molar refractivity (Wildman–Crippen MR) is 64.8 cm³/mol. The van der Waals surface area contributed by atoms with Crippen molar-refractivity contribution < 1.29 is 0 Å². The SMILES string of the molecule is Cc1ccc(CN[C@H]2CC[C@H](C)C2)cc1. The van der Waals surface area contributed by atoms with Gasteiger partial charge in [-0.25, -0.2) is 0 Å². The van der Waals surface area contributed by atoms with Gasteiger partial charge in [0.15, 0.2) is 0 Å². The third-order valence-corrected chi connectivity index (χ3v) is 3.41. The van der Waals surface area contributed by atoms with Crippen LogP contribution < -0.4 is 5.32 Å². The number of benzene rings is 1. The largest absolute Gasteiger partial charge is 0.310 e. The van der Waals surface area contributed by atoms with Crippen LogP contribution in [0.1, 0.15) is 37.3 Å². The number of rotatable bonds is 3. The minimum absolute atomic E-state index is 0.751. The first-order valence-corrected chi connectivity index (χ1v) is 6.03. The van der Waals surface area contributed by atoms with E-state index in [0.29, 0.717) is 0 Å². The summed E-state index contributed by atoms with van der Waals surface area (Å²) in [5.74, 6) is 0.917. The van der Waals surface area contributed by atoms with Crippen molar-refractivity contribution in [3.8, 4) is 0 Å². The normalized spacial score (nSPS) is 25.7. The molecule has 0 bridgehead atoms. The fraction of sp³-hybridized carbons (Fsp3) is 0.571. The topological polar surface area (TPSA) is 12.0 Å². The molecular formula is C14H21N. The molecule has 0 aromatic heterocycles. The van der Waals surface area contributed by atoms with Gasteiger partial charge in [-0.3, -0.25) is 0 Å². The van der Waals surface area contributed by atoms with Gasteiger partial charge in [0.1, 0.15) is 0 Å². The van der Waals surface area contributed by atoms with E-state index in [1.807, 2.05) is 0 Å². The quantitative estimate of drug-likeness (QED) is 0.795. The number of hydrogen-bond acceptors (Lipinski definition) is 1. The van der Waals surface area contributed by atoms with E-state index in [2.05, 4.69) is 43.4 Å². The van der Waals surface area contributed by atoms with Gasteiger partial charge in [0.25, 0.3) is 0 Å². The Kier molecular flexibility index (Phi) is 3.42. The van der Waals surface area contributed by atoms with Crippen molar-refractivity contribution in [2.45, 2.75) is 45.7 Å². The summed E-state index contributed by atoms with van der Waals surface area (Å²) in [4.78, 5) is 0. The molecule has 1 aliphatic rings. The minimum atomic E-state index is 0.751. The maximum Gasteiger partial charge on any atom is 0.0208 e. The van der Waals surface area contributed by atoms with Crippen LogP contribution in [0.25, 0.3) is 0 Å². The summed E-state index contributed by atoms with van der Waals surface area (Å²) >= 11 is 0. The summed E-state index contributed by atoms with van der Waals surface area (Å²) < 4.78 is 0. The number of hydrogen-bond donors (Lipinski definition) is 1. The smallest absolute Gasteiger partial charge is 0.0208 e. The molecule has 0 radical (unpaired) electrons. The first-order valence-electron chi connectivity index (χ1n) is 6.03. The summed E-state index contributed by atoms with van der Waals surface area (Å²) in [6, 6.07) is 9.57. The van der Waals surface area contributed by atoms with Crippen LogP contribution in [-0.2, 0) is 6.54 Å². The second-order valence-corrected chi connectivity index (χ2v) is 4.98. The lowest BCUT2D eigenvalue weighted by molar-refractivity contribution is 0.502. The van der Waals surface area contributed by atoms with Gasteiger partial charge in [-0.1, -0.05) is 36.8 Å². The van der Waals surface area contributed by atoms with Crippen LogP contribution in [0, 0.1) is 12.8 Å². The van der Waals surface area contributed by atoms with Gasteiger partial charge in [-0.15, -0.1) is 0 Å². The Morgan fingerprint density at radius 3 is 2.53 bits per heavy atom. The molecule has 1 aliphatic carbocycles. The summed E-state index contributed by atoms with van der Waals surface area (Å²) in [5.41, 5.74) is 2.74. The molecule has 0 unspecified atom stereocenters. The number of aryl methyl sites for hydroxylation is 1. The van der Waals surface area contributed by atoms with E-state index in [-0.39, 0.29) is 0 Å². The van der Waals surface area contributed by atoms with E-state index in [0.717, 1.165) is 18.5 Å². The molecule has 1 heteroatoms. The fourth-order valence-electron chi connectivity index (χ4n) is 2.36. The van der Waals surface area contributed by atoms with E-state index in [1.54, 1.807) is 0 Å². The Morgan fingerprint density at radius 2 is 1.93 bits per heavy atom. The average molecular weight is 203 g/mol. The van der Waals surface area contributed by atoms with Gasteiger partial charge in [0.2, 0.25) is 0 Å². The Hall–Kier alpha value is -0.820. The molecule has 1 saturated carbocycles. The summed E-state index contributed by atoms with van der Waals surface area (Å²) in [6.07, 6.45) is 4.10. The maximum absolute atomic E-state index is 3.65. The molecule has 0 amide bonds. The van der Waals surface area contributed by atoms with Gasteiger partial charge in [-0.2, -0.15) is 0 Å². The highest BCUT2D eigenvalue weighted by molar-refractivity contribution is 5.21. The fourth-order valence-corrected chi connectivity index (χ4v) is 2.36. The second-order valence-electron chi connectivity index (χ2n) is 4.98. The van der Waals surface area contributed by atoms with Crippen LogP contribution in [0.15, 0.2) is 24.3 Å². The number of nitrogens with one attached hydrogen (secondary N) is 1. The first kappa shape index (κ1) is 10.7. The Morgan fingerprint density at radius 1 is 1.20 bits per heavy atom. The molecule has 0 heterocycles. The summed E-state index contributed by atoms with van der Waals surface area (Å²) in [7, 11) is 0. The van der Waals surface area contributed by atoms with Crippen molar-refractivity contribution >= 4 is 0 Å². The average Bonchev–Trinajstić information content (AvgIpc) is 2.64. The highest BCUT2D eigenvalue weighted by Crippen LogP contribution is 2.24. The molecule has 82 valence electrons. The molecule has 0 saturated heterocycles. The van der Waals surface area contributed by atoms with Crippen LogP contribution >= 0.6 is 0 Å². The van der Waals surface area contributed by atoms with E-state index in [9.17, 15) is 0 Å². The van der Waals surface area contributed by atoms with Crippen molar-refractivity contribution in [2.24, 2.45) is 5.92 Å². The lowest BCUT2D eigenvalue weighted by Gasteiger charge is -2.12.